The summed E-state index contributed by atoms with van der Waals surface area (Å²) < 4.78 is 0. The van der Waals surface area contributed by atoms with E-state index in [2.05, 4.69) is 0 Å². The molecule has 0 radical (unpaired) electrons. The summed E-state index contributed by atoms with van der Waals surface area (Å²) in [4.78, 5) is 1.99. The van der Waals surface area contributed by atoms with E-state index in [1.54, 1.807) is 0 Å². The monoisotopic (exact) mass is 113 g/mol. The Labute approximate surface area is 39.0 Å². The van der Waals surface area contributed by atoms with Gasteiger partial charge in [-0.25, -0.2) is 0 Å². The summed E-state index contributed by atoms with van der Waals surface area (Å²) >= 11 is 2.10. The average Bonchev–Trinajstić information content (AvgIpc) is 1.37. The molecule has 3 heteroatoms. The van der Waals surface area contributed by atoms with Gasteiger partial charge in [0.15, 0.2) is 0 Å². The second-order valence-corrected chi connectivity index (χ2v) is 1.54. The topological polar surface area (TPSA) is 23.8 Å². The van der Waals surface area contributed by atoms with Crippen LogP contribution in [0.15, 0.2) is 0 Å². The molecule has 0 saturated heterocycles. The van der Waals surface area contributed by atoms with Gasteiger partial charge < -0.3 is 0 Å². The summed E-state index contributed by atoms with van der Waals surface area (Å²) in [5.74, 6) is 0. The summed E-state index contributed by atoms with van der Waals surface area (Å²) in [5, 5.41) is 7.65. The molecule has 0 aliphatic rings. The van der Waals surface area contributed by atoms with E-state index in [9.17, 15) is 0 Å². The van der Waals surface area contributed by atoms with E-state index in [-0.39, 0.29) is 12.8 Å². The number of nitriles is 1. The summed E-state index contributed by atoms with van der Waals surface area (Å²) in [6.07, 6.45) is 0. The molecular formula is CLiNSe. The maximum atomic E-state index is 7.65. The van der Waals surface area contributed by atoms with Crippen molar-refractivity contribution in [2.75, 3.05) is 0 Å². The van der Waals surface area contributed by atoms with Crippen LogP contribution in [0.3, 0.4) is 0 Å². The van der Waals surface area contributed by atoms with Crippen molar-refractivity contribution in [1.82, 2.24) is 0 Å². The molecular weight excluding hydrogens is 112 g/mol. The third-order valence-corrected chi connectivity index (χ3v) is 0.474. The maximum absolute atomic E-state index is 7.65. The van der Waals surface area contributed by atoms with Crippen molar-refractivity contribution in [3.8, 4) is 4.97 Å². The number of hydrogen-bond acceptors (Lipinski definition) is 1. The Bertz CT molecular complexity index is 37.8. The Morgan fingerprint density at radius 1 is 2.00 bits per heavy atom. The van der Waals surface area contributed by atoms with Crippen molar-refractivity contribution in [2.24, 2.45) is 0 Å². The van der Waals surface area contributed by atoms with Gasteiger partial charge in [0, 0.05) is 0 Å². The molecule has 0 saturated carbocycles. The number of nitrogens with zero attached hydrogens (tertiary/aromatic N) is 1. The molecule has 0 fully saturated rings. The Hall–Kier alpha value is 0.607. The zero-order valence-electron chi connectivity index (χ0n) is 2.36. The SMILES string of the molecule is [Li][Se]C#N. The minimum atomic E-state index is 0.222. The molecule has 16 valence electrons. The predicted molar refractivity (Wildman–Crippen MR) is 17.1 cm³/mol. The normalized spacial score (nSPS) is 5.25. The van der Waals surface area contributed by atoms with Crippen LogP contribution in [0.5, 0.6) is 0 Å². The molecule has 0 spiro atoms. The van der Waals surface area contributed by atoms with Crippen LogP contribution in [-0.2, 0) is 0 Å². The molecule has 0 unspecified atom stereocenters. The molecule has 0 aromatic carbocycles. The molecule has 0 bridgehead atoms. The first-order valence-electron chi connectivity index (χ1n) is 0.836. The van der Waals surface area contributed by atoms with Gasteiger partial charge in [-0.3, -0.25) is 0 Å². The van der Waals surface area contributed by atoms with Gasteiger partial charge in [-0.2, -0.15) is 0 Å². The zero-order valence-corrected chi connectivity index (χ0v) is 4.07. The van der Waals surface area contributed by atoms with Crippen molar-refractivity contribution >= 4 is 28.5 Å². The van der Waals surface area contributed by atoms with Gasteiger partial charge in [-0.15, -0.1) is 0 Å². The van der Waals surface area contributed by atoms with E-state index in [1.807, 2.05) is 20.7 Å². The van der Waals surface area contributed by atoms with Crippen LogP contribution >= 0.6 is 0 Å². The number of rotatable bonds is 0. The molecule has 4 heavy (non-hydrogen) atoms. The van der Waals surface area contributed by atoms with Gasteiger partial charge in [-0.05, 0) is 0 Å². The molecule has 0 atom stereocenters. The molecule has 0 N–H and O–H groups in total. The second kappa shape index (κ2) is 3.61. The fourth-order valence-corrected chi connectivity index (χ4v) is 0. The van der Waals surface area contributed by atoms with Crippen LogP contribution in [0, 0.1) is 10.2 Å². The Morgan fingerprint density at radius 3 is 2.25 bits per heavy atom. The minimum absolute atomic E-state index is 0.222. The summed E-state index contributed by atoms with van der Waals surface area (Å²) in [5.41, 5.74) is 0. The van der Waals surface area contributed by atoms with Gasteiger partial charge in [-0.1, -0.05) is 0 Å². The van der Waals surface area contributed by atoms with Crippen molar-refractivity contribution in [2.45, 2.75) is 0 Å². The van der Waals surface area contributed by atoms with Crippen LogP contribution < -0.4 is 0 Å². The second-order valence-electron chi connectivity index (χ2n) is 0.295. The molecule has 0 amide bonds. The van der Waals surface area contributed by atoms with Gasteiger partial charge in [0.2, 0.25) is 0 Å². The van der Waals surface area contributed by atoms with Gasteiger partial charge in [0.25, 0.3) is 0 Å². The van der Waals surface area contributed by atoms with E-state index in [1.165, 1.54) is 0 Å². The van der Waals surface area contributed by atoms with Gasteiger partial charge >= 0.3 is 38.8 Å². The van der Waals surface area contributed by atoms with Crippen LogP contribution in [0.4, 0.5) is 0 Å². The average molecular weight is 112 g/mol. The van der Waals surface area contributed by atoms with E-state index in [4.69, 9.17) is 5.26 Å². The van der Waals surface area contributed by atoms with E-state index in [0.717, 1.165) is 0 Å². The first kappa shape index (κ1) is 4.61. The predicted octanol–water partition coefficient (Wildman–Crippen LogP) is -0.745. The molecule has 0 aromatic heterocycles. The number of hydrogen-bond donors (Lipinski definition) is 0. The van der Waals surface area contributed by atoms with E-state index < -0.39 is 0 Å². The molecule has 0 rings (SSSR count). The fraction of sp³-hybridized carbons (Fsp3) is 0. The molecule has 0 aromatic rings. The molecule has 1 nitrogen and oxygen atoms in total. The third kappa shape index (κ3) is 2.61. The first-order chi connectivity index (χ1) is 1.91. The zero-order chi connectivity index (χ0) is 3.41. The summed E-state index contributed by atoms with van der Waals surface area (Å²) in [7, 11) is 0. The van der Waals surface area contributed by atoms with Crippen molar-refractivity contribution < 1.29 is 0 Å². The van der Waals surface area contributed by atoms with E-state index in [0.29, 0.717) is 0 Å². The molecule has 0 heterocycles. The van der Waals surface area contributed by atoms with Gasteiger partial charge in [0.05, 0.1) is 0 Å². The Balaban J connectivity index is 2.43. The standard InChI is InChI=1S/CHNSe.Li/c2-1-3;/h3H;/q;+1/p-1. The van der Waals surface area contributed by atoms with Crippen molar-refractivity contribution in [3.63, 3.8) is 0 Å². The quantitative estimate of drug-likeness (QED) is 0.378. The molecule has 0 aliphatic carbocycles. The van der Waals surface area contributed by atoms with E-state index >= 15 is 0 Å². The van der Waals surface area contributed by atoms with Crippen LogP contribution in [-0.4, -0.2) is 28.5 Å². The van der Waals surface area contributed by atoms with Crippen LogP contribution in [0.2, 0.25) is 0 Å². The van der Waals surface area contributed by atoms with Crippen LogP contribution in [0.1, 0.15) is 0 Å². The summed E-state index contributed by atoms with van der Waals surface area (Å²) in [6.45, 7) is 0. The Morgan fingerprint density at radius 2 is 2.25 bits per heavy atom. The summed E-state index contributed by atoms with van der Waals surface area (Å²) in [6, 6.07) is 0. The van der Waals surface area contributed by atoms with Gasteiger partial charge in [0.1, 0.15) is 0 Å². The fourth-order valence-electron chi connectivity index (χ4n) is 0. The van der Waals surface area contributed by atoms with Crippen LogP contribution in [0.25, 0.3) is 0 Å². The Kier molecular flexibility index (Phi) is 4.15. The molecule has 0 aliphatic heterocycles. The first-order valence-corrected chi connectivity index (χ1v) is 3.41. The third-order valence-electron chi connectivity index (χ3n) is 0.0913. The van der Waals surface area contributed by atoms with Crippen molar-refractivity contribution in [1.29, 1.82) is 5.26 Å². The van der Waals surface area contributed by atoms with Crippen molar-refractivity contribution in [3.05, 3.63) is 0 Å².